The minimum Gasteiger partial charge on any atom is -0.347 e. The molecule has 6 heteroatoms. The maximum atomic E-state index is 5.33. The fourth-order valence-electron chi connectivity index (χ4n) is 2.19. The van der Waals surface area contributed by atoms with Gasteiger partial charge in [-0.25, -0.2) is 4.98 Å². The number of aromatic nitrogens is 4. The Balaban J connectivity index is 1.70. The summed E-state index contributed by atoms with van der Waals surface area (Å²) in [6.45, 7) is 2.93. The van der Waals surface area contributed by atoms with Crippen molar-refractivity contribution in [3.8, 4) is 0 Å². The van der Waals surface area contributed by atoms with Crippen molar-refractivity contribution in [3.05, 3.63) is 29.4 Å². The topological polar surface area (TPSA) is 79.6 Å². The third kappa shape index (κ3) is 2.15. The molecule has 1 unspecified atom stereocenters. The van der Waals surface area contributed by atoms with Crippen LogP contribution in [0.5, 0.6) is 0 Å². The van der Waals surface area contributed by atoms with Crippen molar-refractivity contribution in [2.75, 3.05) is 0 Å². The van der Waals surface area contributed by atoms with Gasteiger partial charge in [0.05, 0.1) is 23.8 Å². The van der Waals surface area contributed by atoms with Crippen molar-refractivity contribution in [2.24, 2.45) is 0 Å². The van der Waals surface area contributed by atoms with Crippen molar-refractivity contribution in [1.29, 1.82) is 0 Å². The molecule has 1 atom stereocenters. The standard InChI is InChI=1S/C12H17N5O/c1-2-3-4-11-16-12(18-17-11)9-5-8-10(6-13-9)15-7-14-8/h7,9,13H,2-6H2,1H3,(H,14,15). The van der Waals surface area contributed by atoms with Gasteiger partial charge >= 0.3 is 0 Å². The number of nitrogens with one attached hydrogen (secondary N) is 2. The van der Waals surface area contributed by atoms with E-state index in [1.165, 1.54) is 0 Å². The van der Waals surface area contributed by atoms with Crippen molar-refractivity contribution < 1.29 is 4.52 Å². The molecule has 0 aliphatic carbocycles. The van der Waals surface area contributed by atoms with Crippen LogP contribution in [0.15, 0.2) is 10.9 Å². The third-order valence-electron chi connectivity index (χ3n) is 3.27. The lowest BCUT2D eigenvalue weighted by atomic mass is 10.1. The second-order valence-electron chi connectivity index (χ2n) is 4.62. The van der Waals surface area contributed by atoms with Gasteiger partial charge < -0.3 is 9.51 Å². The van der Waals surface area contributed by atoms with Crippen molar-refractivity contribution in [2.45, 2.75) is 45.2 Å². The van der Waals surface area contributed by atoms with E-state index in [2.05, 4.69) is 32.3 Å². The fourth-order valence-corrected chi connectivity index (χ4v) is 2.19. The Kier molecular flexibility index (Phi) is 3.10. The van der Waals surface area contributed by atoms with Crippen LogP contribution < -0.4 is 5.32 Å². The van der Waals surface area contributed by atoms with Gasteiger partial charge in [-0.3, -0.25) is 5.32 Å². The van der Waals surface area contributed by atoms with Crippen LogP contribution in [-0.2, 0) is 19.4 Å². The molecule has 0 fully saturated rings. The molecule has 2 aromatic heterocycles. The Morgan fingerprint density at radius 1 is 1.50 bits per heavy atom. The average molecular weight is 247 g/mol. The highest BCUT2D eigenvalue weighted by Crippen LogP contribution is 2.22. The number of hydrogen-bond donors (Lipinski definition) is 2. The molecule has 0 spiro atoms. The molecule has 0 bridgehead atoms. The van der Waals surface area contributed by atoms with Crippen LogP contribution in [0.25, 0.3) is 0 Å². The lowest BCUT2D eigenvalue weighted by Crippen LogP contribution is -2.28. The van der Waals surface area contributed by atoms with Crippen molar-refractivity contribution in [3.63, 3.8) is 0 Å². The molecule has 0 amide bonds. The Morgan fingerprint density at radius 3 is 3.33 bits per heavy atom. The minimum atomic E-state index is 0.0867. The van der Waals surface area contributed by atoms with Gasteiger partial charge in [0, 0.05) is 19.4 Å². The summed E-state index contributed by atoms with van der Waals surface area (Å²) in [5.74, 6) is 1.48. The summed E-state index contributed by atoms with van der Waals surface area (Å²) in [6, 6.07) is 0.0867. The number of fused-ring (bicyclic) bond motifs is 1. The first-order chi connectivity index (χ1) is 8.86. The van der Waals surface area contributed by atoms with E-state index in [-0.39, 0.29) is 6.04 Å². The van der Waals surface area contributed by atoms with Crippen molar-refractivity contribution >= 4 is 0 Å². The van der Waals surface area contributed by atoms with E-state index in [4.69, 9.17) is 4.52 Å². The largest absolute Gasteiger partial charge is 0.347 e. The van der Waals surface area contributed by atoms with Crippen LogP contribution >= 0.6 is 0 Å². The Hall–Kier alpha value is -1.69. The van der Waals surface area contributed by atoms with E-state index in [9.17, 15) is 0 Å². The molecule has 1 aliphatic rings. The first-order valence-electron chi connectivity index (χ1n) is 6.43. The van der Waals surface area contributed by atoms with E-state index in [1.54, 1.807) is 6.33 Å². The fraction of sp³-hybridized carbons (Fsp3) is 0.583. The minimum absolute atomic E-state index is 0.0867. The van der Waals surface area contributed by atoms with Gasteiger partial charge in [-0.2, -0.15) is 4.98 Å². The normalized spacial score (nSPS) is 18.8. The smallest absolute Gasteiger partial charge is 0.244 e. The molecular formula is C12H17N5O. The van der Waals surface area contributed by atoms with Gasteiger partial charge in [-0.15, -0.1) is 0 Å². The van der Waals surface area contributed by atoms with Gasteiger partial charge in [-0.05, 0) is 6.42 Å². The van der Waals surface area contributed by atoms with Crippen molar-refractivity contribution in [1.82, 2.24) is 25.4 Å². The van der Waals surface area contributed by atoms with E-state index in [0.717, 1.165) is 49.4 Å². The summed E-state index contributed by atoms with van der Waals surface area (Å²) in [5.41, 5.74) is 2.24. The monoisotopic (exact) mass is 247 g/mol. The zero-order valence-corrected chi connectivity index (χ0v) is 10.4. The van der Waals surface area contributed by atoms with E-state index < -0.39 is 0 Å². The molecule has 2 aromatic rings. The summed E-state index contributed by atoms with van der Waals surface area (Å²) >= 11 is 0. The van der Waals surface area contributed by atoms with Gasteiger partial charge in [0.1, 0.15) is 0 Å². The molecule has 18 heavy (non-hydrogen) atoms. The van der Waals surface area contributed by atoms with Gasteiger partial charge in [0.15, 0.2) is 5.82 Å². The number of unbranched alkanes of at least 4 members (excludes halogenated alkanes) is 1. The van der Waals surface area contributed by atoms with E-state index in [0.29, 0.717) is 5.89 Å². The molecule has 96 valence electrons. The number of H-pyrrole nitrogens is 1. The van der Waals surface area contributed by atoms with Gasteiger partial charge in [0.2, 0.25) is 5.89 Å². The van der Waals surface area contributed by atoms with Crippen LogP contribution in [0.2, 0.25) is 0 Å². The molecule has 3 rings (SSSR count). The molecule has 1 aliphatic heterocycles. The molecule has 0 saturated carbocycles. The average Bonchev–Trinajstić information content (AvgIpc) is 3.04. The number of aryl methyl sites for hydroxylation is 1. The molecule has 0 aromatic carbocycles. The maximum absolute atomic E-state index is 5.33. The van der Waals surface area contributed by atoms with Gasteiger partial charge in [0.25, 0.3) is 0 Å². The lowest BCUT2D eigenvalue weighted by molar-refractivity contribution is 0.317. The Bertz CT molecular complexity index is 518. The van der Waals surface area contributed by atoms with Gasteiger partial charge in [-0.1, -0.05) is 18.5 Å². The summed E-state index contributed by atoms with van der Waals surface area (Å²) in [5, 5.41) is 7.40. The van der Waals surface area contributed by atoms with Crippen LogP contribution in [0, 0.1) is 0 Å². The van der Waals surface area contributed by atoms with Crippen LogP contribution in [-0.4, -0.2) is 20.1 Å². The highest BCUT2D eigenvalue weighted by molar-refractivity contribution is 5.17. The zero-order valence-electron chi connectivity index (χ0n) is 10.4. The number of imidazole rings is 1. The zero-order chi connectivity index (χ0) is 12.4. The maximum Gasteiger partial charge on any atom is 0.244 e. The first-order valence-corrected chi connectivity index (χ1v) is 6.43. The summed E-state index contributed by atoms with van der Waals surface area (Å²) in [7, 11) is 0. The molecule has 6 nitrogen and oxygen atoms in total. The summed E-state index contributed by atoms with van der Waals surface area (Å²) in [4.78, 5) is 11.9. The Labute approximate surface area is 105 Å². The van der Waals surface area contributed by atoms with E-state index >= 15 is 0 Å². The van der Waals surface area contributed by atoms with Crippen LogP contribution in [0.3, 0.4) is 0 Å². The number of hydrogen-bond acceptors (Lipinski definition) is 5. The first kappa shape index (κ1) is 11.4. The third-order valence-corrected chi connectivity index (χ3v) is 3.27. The van der Waals surface area contributed by atoms with Crippen LogP contribution in [0.4, 0.5) is 0 Å². The SMILES string of the molecule is CCCCc1noc(C2Cc3nc[nH]c3CN2)n1. The van der Waals surface area contributed by atoms with Crippen LogP contribution in [0.1, 0.15) is 48.9 Å². The molecule has 3 heterocycles. The molecule has 2 N–H and O–H groups in total. The second kappa shape index (κ2) is 4.89. The molecule has 0 radical (unpaired) electrons. The highest BCUT2D eigenvalue weighted by atomic mass is 16.5. The quantitative estimate of drug-likeness (QED) is 0.856. The predicted octanol–water partition coefficient (Wildman–Crippen LogP) is 1.52. The highest BCUT2D eigenvalue weighted by Gasteiger charge is 2.25. The number of rotatable bonds is 4. The number of nitrogens with zero attached hydrogens (tertiary/aromatic N) is 3. The predicted molar refractivity (Wildman–Crippen MR) is 64.8 cm³/mol. The van der Waals surface area contributed by atoms with E-state index in [1.807, 2.05) is 0 Å². The lowest BCUT2D eigenvalue weighted by Gasteiger charge is -2.19. The number of aromatic amines is 1. The Morgan fingerprint density at radius 2 is 2.44 bits per heavy atom. The second-order valence-corrected chi connectivity index (χ2v) is 4.62. The summed E-state index contributed by atoms with van der Waals surface area (Å²) in [6.07, 6.45) is 5.66. The molecular weight excluding hydrogens is 230 g/mol. The molecule has 0 saturated heterocycles. The summed E-state index contributed by atoms with van der Waals surface area (Å²) < 4.78 is 5.33.